The van der Waals surface area contributed by atoms with Crippen molar-refractivity contribution in [3.8, 4) is 0 Å². The van der Waals surface area contributed by atoms with Crippen molar-refractivity contribution in [3.05, 3.63) is 74.5 Å². The highest BCUT2D eigenvalue weighted by atomic mass is 79.9. The number of rotatable bonds is 5. The van der Waals surface area contributed by atoms with Crippen molar-refractivity contribution in [2.75, 3.05) is 4.72 Å². The van der Waals surface area contributed by atoms with E-state index in [1.165, 1.54) is 0 Å². The maximum Gasteiger partial charge on any atom is 0.262 e. The first kappa shape index (κ1) is 20.6. The molecule has 0 atom stereocenters. The minimum Gasteiger partial charge on any atom is -0.276 e. The summed E-state index contributed by atoms with van der Waals surface area (Å²) in [5.74, 6) is 0. The van der Waals surface area contributed by atoms with E-state index in [0.717, 1.165) is 32.4 Å². The Labute approximate surface area is 175 Å². The number of aromatic nitrogens is 2. The van der Waals surface area contributed by atoms with Gasteiger partial charge in [-0.05, 0) is 63.4 Å². The predicted octanol–water partition coefficient (Wildman–Crippen LogP) is 5.04. The van der Waals surface area contributed by atoms with Crippen LogP contribution in [-0.2, 0) is 16.6 Å². The number of anilines is 1. The highest BCUT2D eigenvalue weighted by Crippen LogP contribution is 2.28. The Morgan fingerprint density at radius 3 is 2.14 bits per heavy atom. The Morgan fingerprint density at radius 1 is 1.00 bits per heavy atom. The number of hydrogen-bond acceptors (Lipinski definition) is 3. The van der Waals surface area contributed by atoms with Gasteiger partial charge in [0.15, 0.2) is 0 Å². The molecule has 0 saturated heterocycles. The van der Waals surface area contributed by atoms with Crippen LogP contribution in [0.5, 0.6) is 0 Å². The second-order valence-corrected chi connectivity index (χ2v) is 9.70. The smallest absolute Gasteiger partial charge is 0.262 e. The lowest BCUT2D eigenvalue weighted by molar-refractivity contribution is 0.600. The fourth-order valence-electron chi connectivity index (χ4n) is 3.54. The molecule has 0 bridgehead atoms. The summed E-state index contributed by atoms with van der Waals surface area (Å²) in [7, 11) is -3.71. The molecule has 0 saturated carbocycles. The molecule has 7 heteroatoms. The summed E-state index contributed by atoms with van der Waals surface area (Å²) in [6, 6.07) is 11.8. The zero-order chi connectivity index (χ0) is 20.6. The van der Waals surface area contributed by atoms with Gasteiger partial charge in [0.05, 0.1) is 28.5 Å². The molecule has 0 aliphatic rings. The van der Waals surface area contributed by atoms with Gasteiger partial charge in [-0.25, -0.2) is 8.42 Å². The number of nitrogens with one attached hydrogen (secondary N) is 1. The molecule has 3 rings (SSSR count). The second-order valence-electron chi connectivity index (χ2n) is 7.16. The summed E-state index contributed by atoms with van der Waals surface area (Å²) in [6.07, 6.45) is 0. The molecule has 1 N–H and O–H groups in total. The third-order valence-electron chi connectivity index (χ3n) is 4.74. The standard InChI is InChI=1S/C21H24BrN3O2S/c1-13-10-14(2)21(15(3)11-13)28(26,27)24-20-16(4)23-25(17(20)5)12-18-6-8-19(22)9-7-18/h6-11,24H,12H2,1-5H3. The Bertz CT molecular complexity index is 1110. The van der Waals surface area contributed by atoms with Gasteiger partial charge in [-0.2, -0.15) is 5.10 Å². The van der Waals surface area contributed by atoms with E-state index in [4.69, 9.17) is 0 Å². The highest BCUT2D eigenvalue weighted by molar-refractivity contribution is 9.10. The van der Waals surface area contributed by atoms with E-state index < -0.39 is 10.0 Å². The number of aryl methyl sites for hydroxylation is 4. The molecule has 148 valence electrons. The van der Waals surface area contributed by atoms with Gasteiger partial charge in [0.1, 0.15) is 0 Å². The molecule has 0 aliphatic heterocycles. The molecule has 0 radical (unpaired) electrons. The van der Waals surface area contributed by atoms with Gasteiger partial charge in [0.2, 0.25) is 0 Å². The maximum atomic E-state index is 13.1. The number of halogens is 1. The summed E-state index contributed by atoms with van der Waals surface area (Å²) in [5, 5.41) is 4.54. The van der Waals surface area contributed by atoms with E-state index in [1.54, 1.807) is 0 Å². The van der Waals surface area contributed by atoms with E-state index in [2.05, 4.69) is 25.8 Å². The molecule has 0 unspecified atom stereocenters. The van der Waals surface area contributed by atoms with E-state index in [-0.39, 0.29) is 0 Å². The van der Waals surface area contributed by atoms with Gasteiger partial charge in [-0.1, -0.05) is 45.8 Å². The van der Waals surface area contributed by atoms with Crippen LogP contribution in [0.2, 0.25) is 0 Å². The van der Waals surface area contributed by atoms with Crippen molar-refractivity contribution < 1.29 is 8.42 Å². The molecule has 0 fully saturated rings. The van der Waals surface area contributed by atoms with Crippen molar-refractivity contribution >= 4 is 31.6 Å². The van der Waals surface area contributed by atoms with Crippen LogP contribution >= 0.6 is 15.9 Å². The van der Waals surface area contributed by atoms with Crippen molar-refractivity contribution in [2.24, 2.45) is 0 Å². The van der Waals surface area contributed by atoms with Crippen molar-refractivity contribution in [3.63, 3.8) is 0 Å². The van der Waals surface area contributed by atoms with E-state index >= 15 is 0 Å². The molecule has 3 aromatic rings. The molecule has 1 heterocycles. The Balaban J connectivity index is 1.95. The number of benzene rings is 2. The number of sulfonamides is 1. The average molecular weight is 462 g/mol. The van der Waals surface area contributed by atoms with Gasteiger partial charge in [-0.3, -0.25) is 9.40 Å². The first-order valence-electron chi connectivity index (χ1n) is 8.97. The van der Waals surface area contributed by atoms with E-state index in [1.807, 2.05) is 75.7 Å². The third kappa shape index (κ3) is 4.15. The monoisotopic (exact) mass is 461 g/mol. The zero-order valence-electron chi connectivity index (χ0n) is 16.7. The first-order chi connectivity index (χ1) is 13.1. The molecular formula is C21H24BrN3O2S. The summed E-state index contributed by atoms with van der Waals surface area (Å²) in [4.78, 5) is 0.331. The Kier molecular flexibility index (Phi) is 5.68. The van der Waals surface area contributed by atoms with Crippen molar-refractivity contribution in [1.82, 2.24) is 9.78 Å². The SMILES string of the molecule is Cc1cc(C)c(S(=O)(=O)Nc2c(C)nn(Cc3ccc(Br)cc3)c2C)c(C)c1. The molecule has 28 heavy (non-hydrogen) atoms. The lowest BCUT2D eigenvalue weighted by Crippen LogP contribution is -2.17. The summed E-state index contributed by atoms with van der Waals surface area (Å²) < 4.78 is 31.8. The lowest BCUT2D eigenvalue weighted by atomic mass is 10.1. The van der Waals surface area contributed by atoms with Gasteiger partial charge in [-0.15, -0.1) is 0 Å². The van der Waals surface area contributed by atoms with Crippen LogP contribution in [-0.4, -0.2) is 18.2 Å². The predicted molar refractivity (Wildman–Crippen MR) is 116 cm³/mol. The summed E-state index contributed by atoms with van der Waals surface area (Å²) in [6.45, 7) is 9.88. The van der Waals surface area contributed by atoms with Crippen molar-refractivity contribution in [1.29, 1.82) is 0 Å². The van der Waals surface area contributed by atoms with Gasteiger partial charge < -0.3 is 0 Å². The normalized spacial score (nSPS) is 11.6. The lowest BCUT2D eigenvalue weighted by Gasteiger charge is -2.14. The van der Waals surface area contributed by atoms with Crippen molar-refractivity contribution in [2.45, 2.75) is 46.1 Å². The van der Waals surface area contributed by atoms with Crippen LogP contribution in [0.3, 0.4) is 0 Å². The van der Waals surface area contributed by atoms with Crippen LogP contribution in [0.15, 0.2) is 45.8 Å². The fraction of sp³-hybridized carbons (Fsp3) is 0.286. The van der Waals surface area contributed by atoms with Gasteiger partial charge >= 0.3 is 0 Å². The Morgan fingerprint density at radius 2 is 1.57 bits per heavy atom. The molecule has 5 nitrogen and oxygen atoms in total. The molecular weight excluding hydrogens is 438 g/mol. The number of nitrogens with zero attached hydrogens (tertiary/aromatic N) is 2. The Hall–Kier alpha value is -2.12. The van der Waals surface area contributed by atoms with Gasteiger partial charge in [0.25, 0.3) is 10.0 Å². The quantitative estimate of drug-likeness (QED) is 0.578. The summed E-state index contributed by atoms with van der Waals surface area (Å²) >= 11 is 3.43. The van der Waals surface area contributed by atoms with Crippen LogP contribution in [0.4, 0.5) is 5.69 Å². The molecule has 0 amide bonds. The van der Waals surface area contributed by atoms with Gasteiger partial charge in [0, 0.05) is 4.47 Å². The molecule has 0 aliphatic carbocycles. The highest BCUT2D eigenvalue weighted by Gasteiger charge is 2.23. The average Bonchev–Trinajstić information content (AvgIpc) is 2.83. The van der Waals surface area contributed by atoms with Crippen LogP contribution in [0.1, 0.15) is 33.6 Å². The summed E-state index contributed by atoms with van der Waals surface area (Å²) in [5.41, 5.74) is 5.59. The number of hydrogen-bond donors (Lipinski definition) is 1. The first-order valence-corrected chi connectivity index (χ1v) is 11.2. The van der Waals surface area contributed by atoms with E-state index in [9.17, 15) is 8.42 Å². The van der Waals surface area contributed by atoms with Crippen LogP contribution in [0.25, 0.3) is 0 Å². The van der Waals surface area contributed by atoms with E-state index in [0.29, 0.717) is 22.8 Å². The minimum atomic E-state index is -3.71. The molecule has 0 spiro atoms. The topological polar surface area (TPSA) is 64.0 Å². The molecule has 2 aromatic carbocycles. The van der Waals surface area contributed by atoms with Crippen LogP contribution in [0, 0.1) is 34.6 Å². The maximum absolute atomic E-state index is 13.1. The molecule has 1 aromatic heterocycles. The minimum absolute atomic E-state index is 0.331. The third-order valence-corrected chi connectivity index (χ3v) is 6.92. The zero-order valence-corrected chi connectivity index (χ0v) is 19.1. The fourth-order valence-corrected chi connectivity index (χ4v) is 5.43. The van der Waals surface area contributed by atoms with Crippen LogP contribution < -0.4 is 4.72 Å². The second kappa shape index (κ2) is 7.72. The largest absolute Gasteiger partial charge is 0.276 e.